The van der Waals surface area contributed by atoms with Crippen LogP contribution >= 0.6 is 0 Å². The van der Waals surface area contributed by atoms with Crippen molar-refractivity contribution in [2.24, 2.45) is 28.7 Å². The van der Waals surface area contributed by atoms with Crippen molar-refractivity contribution in [2.45, 2.75) is 88.9 Å². The van der Waals surface area contributed by atoms with E-state index in [0.717, 1.165) is 0 Å². The lowest BCUT2D eigenvalue weighted by Gasteiger charge is -2.22. The number of hydrogen-bond donors (Lipinski definition) is 11. The minimum atomic E-state index is -1.18. The largest absolute Gasteiger partial charge is 0.496 e. The van der Waals surface area contributed by atoms with Gasteiger partial charge < -0.3 is 79.5 Å². The zero-order valence-corrected chi connectivity index (χ0v) is 40.2. The Balaban J connectivity index is 1.94. The van der Waals surface area contributed by atoms with Crippen molar-refractivity contribution < 1.29 is 57.3 Å². The first-order valence-electron chi connectivity index (χ1n) is 22.6. The number of benzene rings is 3. The van der Waals surface area contributed by atoms with Gasteiger partial charge in [0.25, 0.3) is 23.6 Å². The second-order valence-corrected chi connectivity index (χ2v) is 16.0. The van der Waals surface area contributed by atoms with Gasteiger partial charge in [-0.1, -0.05) is 0 Å². The van der Waals surface area contributed by atoms with Crippen LogP contribution in [0.15, 0.2) is 48.5 Å². The average Bonchev–Trinajstić information content (AvgIpc) is 3.34. The highest BCUT2D eigenvalue weighted by molar-refractivity contribution is 6.08. The van der Waals surface area contributed by atoms with Crippen molar-refractivity contribution in [2.75, 3.05) is 58.7 Å². The van der Waals surface area contributed by atoms with Crippen LogP contribution < -0.4 is 79.5 Å². The van der Waals surface area contributed by atoms with Gasteiger partial charge in [0, 0.05) is 17.4 Å². The van der Waals surface area contributed by atoms with E-state index < -0.39 is 71.4 Å². The zero-order valence-electron chi connectivity index (χ0n) is 40.2. The van der Waals surface area contributed by atoms with Crippen LogP contribution in [0.3, 0.4) is 0 Å². The summed E-state index contributed by atoms with van der Waals surface area (Å²) >= 11 is 0. The molecule has 0 bridgehead atoms. The third-order valence-corrected chi connectivity index (χ3v) is 10.9. The zero-order chi connectivity index (χ0) is 51.9. The van der Waals surface area contributed by atoms with E-state index in [2.05, 4.69) is 31.9 Å². The third kappa shape index (κ3) is 16.6. The Bertz CT molecular complexity index is 2330. The summed E-state index contributed by atoms with van der Waals surface area (Å²) in [7, 11) is 5.28. The Labute approximate surface area is 406 Å². The molecule has 23 heteroatoms. The van der Waals surface area contributed by atoms with Crippen LogP contribution in [0.25, 0.3) is 0 Å². The molecule has 3 aromatic carbocycles. The summed E-state index contributed by atoms with van der Waals surface area (Å²) in [6.07, 6.45) is 3.55. The summed E-state index contributed by atoms with van der Waals surface area (Å²) in [5.41, 5.74) is 27.9. The van der Waals surface area contributed by atoms with Crippen LogP contribution in [0, 0.1) is 0 Å². The Hall–Kier alpha value is -7.50. The topological polar surface area (TPSA) is 376 Å². The summed E-state index contributed by atoms with van der Waals surface area (Å²) in [6.45, 7) is 2.43. The van der Waals surface area contributed by atoms with Gasteiger partial charge in [-0.3, -0.25) is 38.4 Å². The van der Waals surface area contributed by atoms with Gasteiger partial charge in [0.15, 0.2) is 0 Å². The maximum absolute atomic E-state index is 14.2. The van der Waals surface area contributed by atoms with Crippen LogP contribution in [0.1, 0.15) is 106 Å². The number of unbranched alkanes of at least 4 members (excludes halogenated alkanes) is 3. The number of rotatable bonds is 30. The van der Waals surface area contributed by atoms with Gasteiger partial charge in [-0.25, -0.2) is 0 Å². The summed E-state index contributed by atoms with van der Waals surface area (Å²) < 4.78 is 21.7. The molecule has 4 atom stereocenters. The molecule has 0 aliphatic carbocycles. The van der Waals surface area contributed by atoms with Crippen molar-refractivity contribution >= 4 is 58.6 Å². The molecular weight excluding hydrogens is 911 g/mol. The second-order valence-electron chi connectivity index (χ2n) is 16.0. The second kappa shape index (κ2) is 28.7. The minimum absolute atomic E-state index is 0.00529. The van der Waals surface area contributed by atoms with Gasteiger partial charge in [-0.2, -0.15) is 0 Å². The fourth-order valence-electron chi connectivity index (χ4n) is 6.99. The van der Waals surface area contributed by atoms with Crippen molar-refractivity contribution in [3.05, 3.63) is 70.8 Å². The normalized spacial score (nSPS) is 12.5. The molecule has 8 amide bonds. The monoisotopic (exact) mass is 977 g/mol. The number of methoxy groups -OCH3 is 4. The van der Waals surface area contributed by atoms with Crippen molar-refractivity contribution in [3.8, 4) is 23.0 Å². The molecule has 0 saturated heterocycles. The van der Waals surface area contributed by atoms with E-state index >= 15 is 0 Å². The van der Waals surface area contributed by atoms with Gasteiger partial charge >= 0.3 is 0 Å². The van der Waals surface area contributed by atoms with Crippen LogP contribution in [0.5, 0.6) is 23.0 Å². The molecular formula is C47H67N11O12. The van der Waals surface area contributed by atoms with Crippen LogP contribution in [-0.4, -0.2) is 119 Å². The molecule has 3 aromatic rings. The van der Waals surface area contributed by atoms with E-state index in [1.807, 2.05) is 0 Å². The molecule has 0 aliphatic heterocycles. The number of nitrogens with two attached hydrogens (primary N) is 5. The standard InChI is InChI=1S/C47H67N11O12/c1-26(40(51)59)53-42(61)29-22-27(15-17-36(29)67-2)54-46(65)34(13-7-10-20-49)57-44(63)31-24-32(39(70-5)25-38(31)69-4)45(64)58-35(14-8-11-21-50)47(66)55-28-16-18-37(68-3)30(23-28)43(62)56-33(41(52)60)12-6-9-19-48/h15-18,22-26,33-35H,6-14,19-21,48-50H2,1-5H3,(H2,51,59)(H2,52,60)(H,53,61)(H,54,65)(H,55,66)(H,56,62)(H,57,63)(H,58,64)/t26-,33-,34-,35-/m0/s1. The molecule has 0 saturated carbocycles. The quantitative estimate of drug-likeness (QED) is 0.0411. The van der Waals surface area contributed by atoms with Crippen LogP contribution in [0.2, 0.25) is 0 Å². The third-order valence-electron chi connectivity index (χ3n) is 10.9. The number of primary amides is 2. The van der Waals surface area contributed by atoms with Gasteiger partial charge in [0.2, 0.25) is 23.6 Å². The Kier molecular flexibility index (Phi) is 23.3. The Morgan fingerprint density at radius 1 is 0.443 bits per heavy atom. The lowest BCUT2D eigenvalue weighted by Crippen LogP contribution is -2.45. The maximum atomic E-state index is 14.2. The van der Waals surface area contributed by atoms with Gasteiger partial charge in [0.05, 0.1) is 50.7 Å². The number of hydrogen-bond acceptors (Lipinski definition) is 15. The molecule has 0 aromatic heterocycles. The van der Waals surface area contributed by atoms with Crippen LogP contribution in [0.4, 0.5) is 11.4 Å². The van der Waals surface area contributed by atoms with E-state index in [9.17, 15) is 38.4 Å². The van der Waals surface area contributed by atoms with E-state index in [4.69, 9.17) is 47.6 Å². The lowest BCUT2D eigenvalue weighted by atomic mass is 10.0. The minimum Gasteiger partial charge on any atom is -0.496 e. The van der Waals surface area contributed by atoms with E-state index in [0.29, 0.717) is 58.2 Å². The molecule has 382 valence electrons. The molecule has 3 rings (SSSR count). The molecule has 16 N–H and O–H groups in total. The van der Waals surface area contributed by atoms with Crippen LogP contribution in [-0.2, 0) is 19.2 Å². The van der Waals surface area contributed by atoms with Crippen molar-refractivity contribution in [3.63, 3.8) is 0 Å². The van der Waals surface area contributed by atoms with E-state index in [1.165, 1.54) is 83.9 Å². The average molecular weight is 978 g/mol. The molecule has 0 heterocycles. The first-order valence-corrected chi connectivity index (χ1v) is 22.6. The molecule has 0 spiro atoms. The van der Waals surface area contributed by atoms with Crippen molar-refractivity contribution in [1.82, 2.24) is 21.3 Å². The lowest BCUT2D eigenvalue weighted by molar-refractivity contribution is -0.120. The Morgan fingerprint density at radius 3 is 1.13 bits per heavy atom. The van der Waals surface area contributed by atoms with Gasteiger partial charge in [-0.15, -0.1) is 0 Å². The fourth-order valence-corrected chi connectivity index (χ4v) is 6.99. The van der Waals surface area contributed by atoms with Gasteiger partial charge in [0.1, 0.15) is 47.2 Å². The highest BCUT2D eigenvalue weighted by atomic mass is 16.5. The number of anilines is 2. The number of ether oxygens (including phenoxy) is 4. The number of carbonyl (C=O) groups excluding carboxylic acids is 8. The molecule has 0 radical (unpaired) electrons. The first kappa shape index (κ1) is 56.8. The number of amides is 8. The highest BCUT2D eigenvalue weighted by Crippen LogP contribution is 2.31. The summed E-state index contributed by atoms with van der Waals surface area (Å²) in [4.78, 5) is 106. The highest BCUT2D eigenvalue weighted by Gasteiger charge is 2.29. The molecule has 70 heavy (non-hydrogen) atoms. The van der Waals surface area contributed by atoms with E-state index in [-0.39, 0.29) is 75.9 Å². The van der Waals surface area contributed by atoms with E-state index in [1.54, 1.807) is 0 Å². The maximum Gasteiger partial charge on any atom is 0.255 e. The predicted octanol–water partition coefficient (Wildman–Crippen LogP) is 0.770. The molecule has 0 fully saturated rings. The summed E-state index contributed by atoms with van der Waals surface area (Å²) in [5.74, 6) is -5.58. The Morgan fingerprint density at radius 2 is 0.786 bits per heavy atom. The smallest absolute Gasteiger partial charge is 0.255 e. The summed E-state index contributed by atoms with van der Waals surface area (Å²) in [6, 6.07) is 6.70. The fraction of sp³-hybridized carbons (Fsp3) is 0.447. The molecule has 23 nitrogen and oxygen atoms in total. The summed E-state index contributed by atoms with van der Waals surface area (Å²) in [5, 5.41) is 16.0. The molecule has 0 unspecified atom stereocenters. The van der Waals surface area contributed by atoms with Gasteiger partial charge in [-0.05, 0) is 127 Å². The predicted molar refractivity (Wildman–Crippen MR) is 261 cm³/mol. The first-order chi connectivity index (χ1) is 33.5. The SMILES string of the molecule is COc1ccc(NC(=O)[C@H](CCCCN)NC(=O)c2cc(C(=O)N[C@@H](CCCCN)C(=O)Nc3ccc(OC)c(C(=O)N[C@@H](CCCCN)C(N)=O)c3)c(OC)cc2OC)cc1C(=O)N[C@@H](C)C(N)=O. The van der Waals surface area contributed by atoms with Crippen molar-refractivity contribution in [1.29, 1.82) is 0 Å². The number of carbonyl (C=O) groups is 8. The number of nitrogens with one attached hydrogen (secondary N) is 6. The molecule has 0 aliphatic rings.